The lowest BCUT2D eigenvalue weighted by Crippen LogP contribution is -2.12. The zero-order valence-corrected chi connectivity index (χ0v) is 13.7. The lowest BCUT2D eigenvalue weighted by molar-refractivity contribution is 0.0733. The van der Waals surface area contributed by atoms with E-state index in [0.29, 0.717) is 17.1 Å². The summed E-state index contributed by atoms with van der Waals surface area (Å²) >= 11 is 0. The summed E-state index contributed by atoms with van der Waals surface area (Å²) in [5.74, 6) is 1.59. The Kier molecular flexibility index (Phi) is 4.62. The Balaban J connectivity index is 1.71. The number of para-hydroxylation sites is 1. The number of hydrogen-bond acceptors (Lipinski definition) is 3. The number of esters is 1. The van der Waals surface area contributed by atoms with Crippen LogP contribution in [-0.2, 0) is 0 Å². The van der Waals surface area contributed by atoms with Crippen molar-refractivity contribution in [3.63, 3.8) is 0 Å². The molecular formula is C21H18O3. The lowest BCUT2D eigenvalue weighted by atomic mass is 10.0. The Morgan fingerprint density at radius 2 is 1.21 bits per heavy atom. The monoisotopic (exact) mass is 318 g/mol. The number of benzene rings is 3. The summed E-state index contributed by atoms with van der Waals surface area (Å²) in [6, 6.07) is 22.3. The average Bonchev–Trinajstić information content (AvgIpc) is 2.57. The van der Waals surface area contributed by atoms with Gasteiger partial charge in [0.1, 0.15) is 17.2 Å². The maximum Gasteiger partial charge on any atom is 0.344 e. The van der Waals surface area contributed by atoms with Crippen LogP contribution in [0, 0.1) is 13.8 Å². The molecule has 3 aromatic carbocycles. The van der Waals surface area contributed by atoms with Crippen LogP contribution in [0.1, 0.15) is 21.5 Å². The molecule has 0 aliphatic heterocycles. The van der Waals surface area contributed by atoms with E-state index in [9.17, 15) is 4.79 Å². The molecule has 24 heavy (non-hydrogen) atoms. The van der Waals surface area contributed by atoms with Gasteiger partial charge in [-0.2, -0.15) is 0 Å². The van der Waals surface area contributed by atoms with Crippen LogP contribution in [0.25, 0.3) is 0 Å². The summed E-state index contributed by atoms with van der Waals surface area (Å²) in [5.41, 5.74) is 2.43. The zero-order chi connectivity index (χ0) is 16.9. The van der Waals surface area contributed by atoms with Gasteiger partial charge >= 0.3 is 5.97 Å². The molecule has 3 aromatic rings. The summed E-state index contributed by atoms with van der Waals surface area (Å²) < 4.78 is 11.2. The quantitative estimate of drug-likeness (QED) is 0.483. The minimum atomic E-state index is -0.345. The molecule has 0 radical (unpaired) electrons. The van der Waals surface area contributed by atoms with E-state index in [4.69, 9.17) is 9.47 Å². The Labute approximate surface area is 141 Å². The third kappa shape index (κ3) is 3.63. The van der Waals surface area contributed by atoms with Gasteiger partial charge in [0.25, 0.3) is 0 Å². The first-order valence-corrected chi connectivity index (χ1v) is 7.75. The van der Waals surface area contributed by atoms with E-state index in [1.54, 1.807) is 24.3 Å². The van der Waals surface area contributed by atoms with Gasteiger partial charge in [-0.1, -0.05) is 36.4 Å². The highest BCUT2D eigenvalue weighted by molar-refractivity contribution is 5.94. The van der Waals surface area contributed by atoms with Crippen molar-refractivity contribution >= 4 is 5.97 Å². The van der Waals surface area contributed by atoms with Gasteiger partial charge in [0, 0.05) is 0 Å². The number of ether oxygens (including phenoxy) is 2. The maximum atomic E-state index is 12.4. The fourth-order valence-electron chi connectivity index (χ4n) is 2.49. The standard InChI is InChI=1S/C21H18O3/c1-15-7-6-8-16(2)20(15)21(22)24-19-13-11-18(12-14-19)23-17-9-4-3-5-10-17/h3-14H,1-2H3. The van der Waals surface area contributed by atoms with Gasteiger partial charge in [-0.3, -0.25) is 0 Å². The third-order valence-electron chi connectivity index (χ3n) is 3.70. The number of rotatable bonds is 4. The van der Waals surface area contributed by atoms with E-state index in [0.717, 1.165) is 16.9 Å². The summed E-state index contributed by atoms with van der Waals surface area (Å²) in [7, 11) is 0. The lowest BCUT2D eigenvalue weighted by Gasteiger charge is -2.10. The molecule has 0 N–H and O–H groups in total. The molecule has 0 atom stereocenters. The van der Waals surface area contributed by atoms with Gasteiger partial charge in [-0.15, -0.1) is 0 Å². The second-order valence-electron chi connectivity index (χ2n) is 5.54. The Bertz CT molecular complexity index is 816. The van der Waals surface area contributed by atoms with Crippen molar-refractivity contribution in [2.75, 3.05) is 0 Å². The van der Waals surface area contributed by atoms with Gasteiger partial charge in [-0.25, -0.2) is 4.79 Å². The normalized spacial score (nSPS) is 10.2. The molecule has 0 saturated heterocycles. The van der Waals surface area contributed by atoms with Crippen LogP contribution in [0.15, 0.2) is 72.8 Å². The van der Waals surface area contributed by atoms with Crippen molar-refractivity contribution in [2.45, 2.75) is 13.8 Å². The minimum Gasteiger partial charge on any atom is -0.457 e. The second kappa shape index (κ2) is 7.01. The fourth-order valence-corrected chi connectivity index (χ4v) is 2.49. The van der Waals surface area contributed by atoms with Gasteiger partial charge in [0.2, 0.25) is 0 Å². The van der Waals surface area contributed by atoms with Crippen molar-refractivity contribution in [1.29, 1.82) is 0 Å². The van der Waals surface area contributed by atoms with Crippen LogP contribution in [0.3, 0.4) is 0 Å². The molecule has 3 nitrogen and oxygen atoms in total. The first kappa shape index (κ1) is 15.8. The number of aryl methyl sites for hydroxylation is 2. The summed E-state index contributed by atoms with van der Waals surface area (Å²) in [6.07, 6.45) is 0. The van der Waals surface area contributed by atoms with Crippen LogP contribution in [0.2, 0.25) is 0 Å². The minimum absolute atomic E-state index is 0.345. The molecule has 0 spiro atoms. The van der Waals surface area contributed by atoms with Crippen LogP contribution >= 0.6 is 0 Å². The summed E-state index contributed by atoms with van der Waals surface area (Å²) in [4.78, 5) is 12.4. The van der Waals surface area contributed by atoms with Crippen LogP contribution < -0.4 is 9.47 Å². The van der Waals surface area contributed by atoms with E-state index >= 15 is 0 Å². The zero-order valence-electron chi connectivity index (χ0n) is 13.7. The number of hydrogen-bond donors (Lipinski definition) is 0. The van der Waals surface area contributed by atoms with E-state index < -0.39 is 0 Å². The Morgan fingerprint density at radius 1 is 0.667 bits per heavy atom. The largest absolute Gasteiger partial charge is 0.457 e. The Morgan fingerprint density at radius 3 is 1.83 bits per heavy atom. The predicted molar refractivity (Wildman–Crippen MR) is 93.8 cm³/mol. The molecule has 0 unspecified atom stereocenters. The second-order valence-corrected chi connectivity index (χ2v) is 5.54. The molecule has 0 fully saturated rings. The first-order valence-electron chi connectivity index (χ1n) is 7.75. The molecule has 0 amide bonds. The molecule has 0 saturated carbocycles. The summed E-state index contributed by atoms with van der Waals surface area (Å²) in [6.45, 7) is 3.81. The van der Waals surface area contributed by atoms with Crippen LogP contribution in [0.4, 0.5) is 0 Å². The fraction of sp³-hybridized carbons (Fsp3) is 0.0952. The molecule has 3 rings (SSSR count). The van der Waals surface area contributed by atoms with Crippen LogP contribution in [0.5, 0.6) is 17.2 Å². The van der Waals surface area contributed by atoms with Gasteiger partial charge in [0.05, 0.1) is 5.56 Å². The van der Waals surface area contributed by atoms with Crippen molar-refractivity contribution in [1.82, 2.24) is 0 Å². The molecule has 3 heteroatoms. The highest BCUT2D eigenvalue weighted by atomic mass is 16.5. The number of carbonyl (C=O) groups is 1. The molecule has 0 aliphatic rings. The average molecular weight is 318 g/mol. The SMILES string of the molecule is Cc1cccc(C)c1C(=O)Oc1ccc(Oc2ccccc2)cc1. The molecule has 120 valence electrons. The topological polar surface area (TPSA) is 35.5 Å². The van der Waals surface area contributed by atoms with Crippen molar-refractivity contribution in [2.24, 2.45) is 0 Å². The van der Waals surface area contributed by atoms with Crippen molar-refractivity contribution < 1.29 is 14.3 Å². The van der Waals surface area contributed by atoms with Crippen molar-refractivity contribution in [3.05, 3.63) is 89.5 Å². The first-order chi connectivity index (χ1) is 11.6. The molecule has 0 aliphatic carbocycles. The summed E-state index contributed by atoms with van der Waals surface area (Å²) in [5, 5.41) is 0. The molecule has 0 heterocycles. The maximum absolute atomic E-state index is 12.4. The van der Waals surface area contributed by atoms with E-state index in [1.807, 2.05) is 62.4 Å². The number of carbonyl (C=O) groups excluding carboxylic acids is 1. The molecule has 0 aromatic heterocycles. The predicted octanol–water partition coefficient (Wildman–Crippen LogP) is 5.31. The van der Waals surface area contributed by atoms with Gasteiger partial charge in [-0.05, 0) is 61.4 Å². The van der Waals surface area contributed by atoms with Gasteiger partial charge in [0.15, 0.2) is 0 Å². The molecular weight excluding hydrogens is 300 g/mol. The molecule has 0 bridgehead atoms. The van der Waals surface area contributed by atoms with E-state index in [-0.39, 0.29) is 5.97 Å². The van der Waals surface area contributed by atoms with E-state index in [2.05, 4.69) is 0 Å². The third-order valence-corrected chi connectivity index (χ3v) is 3.70. The highest BCUT2D eigenvalue weighted by Crippen LogP contribution is 2.24. The van der Waals surface area contributed by atoms with Crippen molar-refractivity contribution in [3.8, 4) is 17.2 Å². The highest BCUT2D eigenvalue weighted by Gasteiger charge is 2.14. The van der Waals surface area contributed by atoms with Crippen LogP contribution in [-0.4, -0.2) is 5.97 Å². The Hall–Kier alpha value is -3.07. The van der Waals surface area contributed by atoms with E-state index in [1.165, 1.54) is 0 Å². The van der Waals surface area contributed by atoms with Gasteiger partial charge < -0.3 is 9.47 Å². The smallest absolute Gasteiger partial charge is 0.344 e.